The number of anilines is 1. The minimum absolute atomic E-state index is 0.240. The zero-order valence-electron chi connectivity index (χ0n) is 12.1. The summed E-state index contributed by atoms with van der Waals surface area (Å²) >= 11 is 0. The molecule has 0 atom stereocenters. The van der Waals surface area contributed by atoms with Crippen LogP contribution in [0.15, 0.2) is 36.4 Å². The minimum Gasteiger partial charge on any atom is -0.486 e. The van der Waals surface area contributed by atoms with E-state index in [-0.39, 0.29) is 5.75 Å². The van der Waals surface area contributed by atoms with Crippen LogP contribution < -0.4 is 10.5 Å². The molecule has 2 rings (SSSR count). The molecule has 0 heterocycles. The number of aryl methyl sites for hydroxylation is 1. The molecule has 0 radical (unpaired) electrons. The number of hydrogen-bond donors (Lipinski definition) is 1. The number of halogens is 1. The molecule has 0 aromatic heterocycles. The Morgan fingerprint density at radius 2 is 1.80 bits per heavy atom. The van der Waals surface area contributed by atoms with Gasteiger partial charge in [0.15, 0.2) is 11.6 Å². The van der Waals surface area contributed by atoms with E-state index in [0.29, 0.717) is 18.2 Å². The van der Waals surface area contributed by atoms with Crippen molar-refractivity contribution in [2.24, 2.45) is 0 Å². The van der Waals surface area contributed by atoms with E-state index in [1.54, 1.807) is 6.07 Å². The van der Waals surface area contributed by atoms with Crippen molar-refractivity contribution in [1.29, 1.82) is 0 Å². The first kappa shape index (κ1) is 14.4. The minimum atomic E-state index is -0.424. The summed E-state index contributed by atoms with van der Waals surface area (Å²) in [5, 5.41) is 0. The Hall–Kier alpha value is -2.03. The summed E-state index contributed by atoms with van der Waals surface area (Å²) in [6.45, 7) is 6.48. The standard InChI is InChI=1S/C17H20FNO/c1-11(2)14-6-4-13(5-7-14)10-20-17-8-12(3)16(19)9-15(17)18/h4-9,11H,10,19H2,1-3H3. The first-order valence-electron chi connectivity index (χ1n) is 6.74. The topological polar surface area (TPSA) is 35.2 Å². The van der Waals surface area contributed by atoms with Crippen molar-refractivity contribution in [1.82, 2.24) is 0 Å². The zero-order chi connectivity index (χ0) is 14.7. The molecule has 0 spiro atoms. The smallest absolute Gasteiger partial charge is 0.167 e. The molecule has 3 heteroatoms. The fourth-order valence-corrected chi connectivity index (χ4v) is 1.94. The fourth-order valence-electron chi connectivity index (χ4n) is 1.94. The lowest BCUT2D eigenvalue weighted by molar-refractivity contribution is 0.290. The fraction of sp³-hybridized carbons (Fsp3) is 0.294. The lowest BCUT2D eigenvalue weighted by Gasteiger charge is -2.11. The monoisotopic (exact) mass is 273 g/mol. The van der Waals surface area contributed by atoms with Gasteiger partial charge < -0.3 is 10.5 Å². The second-order valence-electron chi connectivity index (χ2n) is 5.32. The van der Waals surface area contributed by atoms with Crippen LogP contribution in [0, 0.1) is 12.7 Å². The number of nitrogens with two attached hydrogens (primary N) is 1. The number of nitrogen functional groups attached to an aromatic ring is 1. The molecule has 0 aliphatic carbocycles. The average molecular weight is 273 g/mol. The Morgan fingerprint density at radius 3 is 2.40 bits per heavy atom. The summed E-state index contributed by atoms with van der Waals surface area (Å²) in [5.74, 6) is 0.318. The molecule has 106 valence electrons. The van der Waals surface area contributed by atoms with Gasteiger partial charge in [-0.2, -0.15) is 0 Å². The molecule has 2 aromatic rings. The molecule has 0 saturated carbocycles. The van der Waals surface area contributed by atoms with E-state index >= 15 is 0 Å². The number of hydrogen-bond acceptors (Lipinski definition) is 2. The average Bonchev–Trinajstić information content (AvgIpc) is 2.42. The van der Waals surface area contributed by atoms with Crippen LogP contribution in [-0.4, -0.2) is 0 Å². The second-order valence-corrected chi connectivity index (χ2v) is 5.32. The Labute approximate surface area is 119 Å². The lowest BCUT2D eigenvalue weighted by atomic mass is 10.0. The lowest BCUT2D eigenvalue weighted by Crippen LogP contribution is -2.00. The predicted molar refractivity (Wildman–Crippen MR) is 80.4 cm³/mol. The zero-order valence-corrected chi connectivity index (χ0v) is 12.1. The van der Waals surface area contributed by atoms with Gasteiger partial charge in [0.2, 0.25) is 0 Å². The highest BCUT2D eigenvalue weighted by Crippen LogP contribution is 2.24. The summed E-state index contributed by atoms with van der Waals surface area (Å²) in [4.78, 5) is 0. The van der Waals surface area contributed by atoms with Gasteiger partial charge >= 0.3 is 0 Å². The molecular formula is C17H20FNO. The van der Waals surface area contributed by atoms with Crippen LogP contribution in [0.25, 0.3) is 0 Å². The van der Waals surface area contributed by atoms with E-state index in [1.165, 1.54) is 11.6 Å². The molecule has 2 aromatic carbocycles. The quantitative estimate of drug-likeness (QED) is 0.837. The highest BCUT2D eigenvalue weighted by molar-refractivity contribution is 5.50. The van der Waals surface area contributed by atoms with Crippen molar-refractivity contribution in [2.45, 2.75) is 33.3 Å². The first-order chi connectivity index (χ1) is 9.47. The van der Waals surface area contributed by atoms with Gasteiger partial charge in [0.05, 0.1) is 0 Å². The summed E-state index contributed by atoms with van der Waals surface area (Å²) < 4.78 is 19.2. The Bertz CT molecular complexity index is 591. The van der Waals surface area contributed by atoms with E-state index in [4.69, 9.17) is 10.5 Å². The largest absolute Gasteiger partial charge is 0.486 e. The molecule has 0 bridgehead atoms. The highest BCUT2D eigenvalue weighted by atomic mass is 19.1. The van der Waals surface area contributed by atoms with E-state index in [2.05, 4.69) is 26.0 Å². The maximum Gasteiger partial charge on any atom is 0.167 e. The van der Waals surface area contributed by atoms with Crippen molar-refractivity contribution in [3.8, 4) is 5.75 Å². The highest BCUT2D eigenvalue weighted by Gasteiger charge is 2.07. The molecule has 0 fully saturated rings. The van der Waals surface area contributed by atoms with Crippen LogP contribution in [-0.2, 0) is 6.61 Å². The van der Waals surface area contributed by atoms with Crippen molar-refractivity contribution in [2.75, 3.05) is 5.73 Å². The van der Waals surface area contributed by atoms with Gasteiger partial charge in [0.25, 0.3) is 0 Å². The van der Waals surface area contributed by atoms with E-state index in [0.717, 1.165) is 11.1 Å². The predicted octanol–water partition coefficient (Wildman–Crippen LogP) is 4.42. The first-order valence-corrected chi connectivity index (χ1v) is 6.74. The molecule has 2 nitrogen and oxygen atoms in total. The molecule has 0 saturated heterocycles. The van der Waals surface area contributed by atoms with Gasteiger partial charge in [-0.1, -0.05) is 38.1 Å². The van der Waals surface area contributed by atoms with Gasteiger partial charge in [-0.25, -0.2) is 4.39 Å². The van der Waals surface area contributed by atoms with Crippen LogP contribution >= 0.6 is 0 Å². The summed E-state index contributed by atoms with van der Waals surface area (Å²) in [6.07, 6.45) is 0. The normalized spacial score (nSPS) is 10.8. The Morgan fingerprint density at radius 1 is 1.15 bits per heavy atom. The third kappa shape index (κ3) is 3.29. The van der Waals surface area contributed by atoms with Crippen LogP contribution in [0.1, 0.15) is 36.5 Å². The third-order valence-electron chi connectivity index (χ3n) is 3.36. The SMILES string of the molecule is Cc1cc(OCc2ccc(C(C)C)cc2)c(F)cc1N. The van der Waals surface area contributed by atoms with Crippen LogP contribution in [0.3, 0.4) is 0 Å². The van der Waals surface area contributed by atoms with Crippen LogP contribution in [0.5, 0.6) is 5.75 Å². The van der Waals surface area contributed by atoms with E-state index in [1.807, 2.05) is 19.1 Å². The van der Waals surface area contributed by atoms with Crippen molar-refractivity contribution >= 4 is 5.69 Å². The van der Waals surface area contributed by atoms with Gasteiger partial charge in [0.1, 0.15) is 6.61 Å². The molecular weight excluding hydrogens is 253 g/mol. The Kier molecular flexibility index (Phi) is 4.28. The van der Waals surface area contributed by atoms with Crippen molar-refractivity contribution < 1.29 is 9.13 Å². The van der Waals surface area contributed by atoms with Crippen LogP contribution in [0.2, 0.25) is 0 Å². The summed E-state index contributed by atoms with van der Waals surface area (Å²) in [5.41, 5.74) is 9.20. The summed E-state index contributed by atoms with van der Waals surface area (Å²) in [7, 11) is 0. The van der Waals surface area contributed by atoms with Gasteiger partial charge in [-0.15, -0.1) is 0 Å². The molecule has 0 aliphatic rings. The van der Waals surface area contributed by atoms with Gasteiger partial charge in [-0.05, 0) is 35.6 Å². The number of rotatable bonds is 4. The third-order valence-corrected chi connectivity index (χ3v) is 3.36. The number of benzene rings is 2. The van der Waals surface area contributed by atoms with Gasteiger partial charge in [0, 0.05) is 11.8 Å². The molecule has 0 aliphatic heterocycles. The molecule has 0 unspecified atom stereocenters. The second kappa shape index (κ2) is 5.95. The van der Waals surface area contributed by atoms with Crippen LogP contribution in [0.4, 0.5) is 10.1 Å². The van der Waals surface area contributed by atoms with E-state index < -0.39 is 5.82 Å². The van der Waals surface area contributed by atoms with Gasteiger partial charge in [-0.3, -0.25) is 0 Å². The number of ether oxygens (including phenoxy) is 1. The molecule has 2 N–H and O–H groups in total. The summed E-state index contributed by atoms with van der Waals surface area (Å²) in [6, 6.07) is 11.1. The Balaban J connectivity index is 2.07. The van der Waals surface area contributed by atoms with Crippen molar-refractivity contribution in [3.63, 3.8) is 0 Å². The molecule has 0 amide bonds. The maximum absolute atomic E-state index is 13.7. The van der Waals surface area contributed by atoms with Crippen molar-refractivity contribution in [3.05, 3.63) is 58.9 Å². The maximum atomic E-state index is 13.7. The molecule has 20 heavy (non-hydrogen) atoms. The van der Waals surface area contributed by atoms with E-state index in [9.17, 15) is 4.39 Å².